The van der Waals surface area contributed by atoms with Crippen LogP contribution in [0, 0.1) is 6.92 Å². The average molecular weight is 329 g/mol. The maximum atomic E-state index is 12.6. The predicted molar refractivity (Wildman–Crippen MR) is 90.4 cm³/mol. The van der Waals surface area contributed by atoms with Crippen molar-refractivity contribution in [1.82, 2.24) is 15.1 Å². The van der Waals surface area contributed by atoms with E-state index in [4.69, 9.17) is 9.47 Å². The Morgan fingerprint density at radius 1 is 1.29 bits per heavy atom. The molecule has 3 rings (SSSR count). The highest BCUT2D eigenvalue weighted by Gasteiger charge is 2.34. The number of carbonyl (C=O) groups excluding carboxylic acids is 1. The molecule has 0 unspecified atom stereocenters. The molecule has 1 fully saturated rings. The molecule has 1 amide bonds. The van der Waals surface area contributed by atoms with Crippen LogP contribution >= 0.6 is 0 Å². The largest absolute Gasteiger partial charge is 0.382 e. The molecule has 1 aromatic heterocycles. The van der Waals surface area contributed by atoms with Gasteiger partial charge in [-0.1, -0.05) is 0 Å². The molecule has 6 heteroatoms. The molecule has 1 saturated heterocycles. The highest BCUT2D eigenvalue weighted by atomic mass is 16.5. The molecule has 2 heterocycles. The molecule has 2 aromatic rings. The number of benzene rings is 1. The Kier molecular flexibility index (Phi) is 4.97. The van der Waals surface area contributed by atoms with Gasteiger partial charge >= 0.3 is 0 Å². The fraction of sp³-hybridized carbons (Fsp3) is 0.444. The van der Waals surface area contributed by atoms with Crippen LogP contribution in [0.2, 0.25) is 0 Å². The van der Waals surface area contributed by atoms with Gasteiger partial charge in [0.05, 0.1) is 23.5 Å². The fourth-order valence-electron chi connectivity index (χ4n) is 2.98. The fourth-order valence-corrected chi connectivity index (χ4v) is 2.98. The second kappa shape index (κ2) is 7.15. The molecule has 0 aliphatic carbocycles. The average Bonchev–Trinajstić information content (AvgIpc) is 3.02. The summed E-state index contributed by atoms with van der Waals surface area (Å²) in [6.07, 6.45) is 3.43. The van der Waals surface area contributed by atoms with E-state index in [0.717, 1.165) is 24.2 Å². The lowest BCUT2D eigenvalue weighted by Gasteiger charge is -2.37. The summed E-state index contributed by atoms with van der Waals surface area (Å²) >= 11 is 0. The number of rotatable bonds is 5. The standard InChI is InChI=1S/C18H23N3O3/c1-14-7-10-21(20-14)16-5-3-15(4-6-16)17(22)19-18(13-23-2)8-11-24-12-9-18/h3-7,10H,8-9,11-13H2,1-2H3,(H,19,22). The third kappa shape index (κ3) is 3.66. The smallest absolute Gasteiger partial charge is 0.251 e. The number of nitrogens with zero attached hydrogens (tertiary/aromatic N) is 2. The van der Waals surface area contributed by atoms with Gasteiger partial charge in [-0.05, 0) is 50.1 Å². The molecule has 128 valence electrons. The van der Waals surface area contributed by atoms with Crippen molar-refractivity contribution in [2.45, 2.75) is 25.3 Å². The van der Waals surface area contributed by atoms with Crippen LogP contribution in [-0.2, 0) is 9.47 Å². The number of amides is 1. The van der Waals surface area contributed by atoms with E-state index in [-0.39, 0.29) is 11.4 Å². The van der Waals surface area contributed by atoms with E-state index in [1.807, 2.05) is 43.5 Å². The molecule has 1 aromatic carbocycles. The van der Waals surface area contributed by atoms with E-state index in [0.29, 0.717) is 25.4 Å². The van der Waals surface area contributed by atoms with Crippen LogP contribution in [0.1, 0.15) is 28.9 Å². The van der Waals surface area contributed by atoms with Crippen molar-refractivity contribution in [2.75, 3.05) is 26.9 Å². The monoisotopic (exact) mass is 329 g/mol. The van der Waals surface area contributed by atoms with Gasteiger partial charge in [0.2, 0.25) is 0 Å². The molecule has 24 heavy (non-hydrogen) atoms. The molecule has 1 N–H and O–H groups in total. The first-order chi connectivity index (χ1) is 11.6. The zero-order valence-electron chi connectivity index (χ0n) is 14.1. The molecule has 0 saturated carbocycles. The number of ether oxygens (including phenoxy) is 2. The van der Waals surface area contributed by atoms with Crippen molar-refractivity contribution in [1.29, 1.82) is 0 Å². The summed E-state index contributed by atoms with van der Waals surface area (Å²) in [4.78, 5) is 12.6. The second-order valence-electron chi connectivity index (χ2n) is 6.23. The van der Waals surface area contributed by atoms with E-state index in [9.17, 15) is 4.79 Å². The molecule has 0 spiro atoms. The first-order valence-corrected chi connectivity index (χ1v) is 8.14. The maximum Gasteiger partial charge on any atom is 0.251 e. The van der Waals surface area contributed by atoms with Crippen LogP contribution < -0.4 is 5.32 Å². The third-order valence-electron chi connectivity index (χ3n) is 4.37. The van der Waals surface area contributed by atoms with Crippen LogP contribution in [0.25, 0.3) is 5.69 Å². The predicted octanol–water partition coefficient (Wildman–Crippen LogP) is 2.11. The van der Waals surface area contributed by atoms with Gasteiger partial charge in [0.15, 0.2) is 0 Å². The van der Waals surface area contributed by atoms with Crippen molar-refractivity contribution < 1.29 is 14.3 Å². The number of hydrogen-bond donors (Lipinski definition) is 1. The highest BCUT2D eigenvalue weighted by Crippen LogP contribution is 2.22. The van der Waals surface area contributed by atoms with Crippen molar-refractivity contribution in [2.24, 2.45) is 0 Å². The van der Waals surface area contributed by atoms with Gasteiger partial charge in [-0.15, -0.1) is 0 Å². The number of hydrogen-bond acceptors (Lipinski definition) is 4. The number of nitrogens with one attached hydrogen (secondary N) is 1. The number of methoxy groups -OCH3 is 1. The second-order valence-corrected chi connectivity index (χ2v) is 6.23. The zero-order chi connectivity index (χ0) is 17.0. The van der Waals surface area contributed by atoms with Gasteiger partial charge in [0, 0.05) is 32.1 Å². The quantitative estimate of drug-likeness (QED) is 0.912. The minimum atomic E-state index is -0.345. The van der Waals surface area contributed by atoms with Crippen LogP contribution in [0.3, 0.4) is 0 Å². The Balaban J connectivity index is 1.72. The normalized spacial score (nSPS) is 16.8. The van der Waals surface area contributed by atoms with Crippen molar-refractivity contribution in [3.63, 3.8) is 0 Å². The minimum absolute atomic E-state index is 0.0860. The van der Waals surface area contributed by atoms with Gasteiger partial charge in [0.1, 0.15) is 0 Å². The van der Waals surface area contributed by atoms with E-state index in [1.54, 1.807) is 11.8 Å². The summed E-state index contributed by atoms with van der Waals surface area (Å²) in [5.41, 5.74) is 2.17. The third-order valence-corrected chi connectivity index (χ3v) is 4.37. The van der Waals surface area contributed by atoms with Crippen LogP contribution in [0.15, 0.2) is 36.5 Å². The molecule has 0 radical (unpaired) electrons. The summed E-state index contributed by atoms with van der Waals surface area (Å²) in [6, 6.07) is 9.38. The van der Waals surface area contributed by atoms with Crippen LogP contribution in [0.5, 0.6) is 0 Å². The van der Waals surface area contributed by atoms with Gasteiger partial charge < -0.3 is 14.8 Å². The molecule has 1 aliphatic heterocycles. The number of carbonyl (C=O) groups is 1. The van der Waals surface area contributed by atoms with Crippen LogP contribution in [0.4, 0.5) is 0 Å². The molecule has 0 atom stereocenters. The van der Waals surface area contributed by atoms with Gasteiger partial charge in [0.25, 0.3) is 5.91 Å². The van der Waals surface area contributed by atoms with Gasteiger partial charge in [-0.25, -0.2) is 4.68 Å². The summed E-state index contributed by atoms with van der Waals surface area (Å²) in [6.45, 7) is 3.72. The first kappa shape index (κ1) is 16.7. The van der Waals surface area contributed by atoms with E-state index >= 15 is 0 Å². The first-order valence-electron chi connectivity index (χ1n) is 8.14. The number of aryl methyl sites for hydroxylation is 1. The molecular formula is C18H23N3O3. The Labute approximate surface area is 141 Å². The SMILES string of the molecule is COCC1(NC(=O)c2ccc(-n3ccc(C)n3)cc2)CCOCC1. The van der Waals surface area contributed by atoms with Crippen molar-refractivity contribution >= 4 is 5.91 Å². The molecule has 6 nitrogen and oxygen atoms in total. The van der Waals surface area contributed by atoms with E-state index < -0.39 is 0 Å². The lowest BCUT2D eigenvalue weighted by atomic mass is 9.90. The Morgan fingerprint density at radius 2 is 2.00 bits per heavy atom. The van der Waals surface area contributed by atoms with E-state index in [2.05, 4.69) is 10.4 Å². The van der Waals surface area contributed by atoms with Gasteiger partial charge in [-0.2, -0.15) is 5.10 Å². The topological polar surface area (TPSA) is 65.4 Å². The Bertz CT molecular complexity index is 682. The summed E-state index contributed by atoms with van der Waals surface area (Å²) < 4.78 is 12.5. The Hall–Kier alpha value is -2.18. The minimum Gasteiger partial charge on any atom is -0.382 e. The van der Waals surface area contributed by atoms with E-state index in [1.165, 1.54) is 0 Å². The number of aromatic nitrogens is 2. The summed E-state index contributed by atoms with van der Waals surface area (Å²) in [5, 5.41) is 7.52. The molecular weight excluding hydrogens is 306 g/mol. The zero-order valence-corrected chi connectivity index (χ0v) is 14.1. The molecule has 0 bridgehead atoms. The van der Waals surface area contributed by atoms with Gasteiger partial charge in [-0.3, -0.25) is 4.79 Å². The lowest BCUT2D eigenvalue weighted by Crippen LogP contribution is -2.55. The summed E-state index contributed by atoms with van der Waals surface area (Å²) in [7, 11) is 1.66. The maximum absolute atomic E-state index is 12.6. The Morgan fingerprint density at radius 3 is 2.58 bits per heavy atom. The lowest BCUT2D eigenvalue weighted by molar-refractivity contribution is 0.00205. The van der Waals surface area contributed by atoms with Crippen LogP contribution in [-0.4, -0.2) is 48.2 Å². The van der Waals surface area contributed by atoms with Crippen molar-refractivity contribution in [3.05, 3.63) is 47.8 Å². The molecule has 1 aliphatic rings. The highest BCUT2D eigenvalue weighted by molar-refractivity contribution is 5.94. The summed E-state index contributed by atoms with van der Waals surface area (Å²) in [5.74, 6) is -0.0860. The van der Waals surface area contributed by atoms with Crippen molar-refractivity contribution in [3.8, 4) is 5.69 Å².